The van der Waals surface area contributed by atoms with Crippen LogP contribution in [0.1, 0.15) is 51.9 Å². The fourth-order valence-electron chi connectivity index (χ4n) is 6.43. The third-order valence-electron chi connectivity index (χ3n) is 7.77. The van der Waals surface area contributed by atoms with Crippen LogP contribution in [0.25, 0.3) is 0 Å². The zero-order valence-electron chi connectivity index (χ0n) is 14.8. The average Bonchev–Trinajstić information content (AvgIpc) is 2.95. The molecule has 5 fully saturated rings. The molecule has 4 aliphatic carbocycles. The van der Waals surface area contributed by atoms with Crippen LogP contribution >= 0.6 is 0 Å². The van der Waals surface area contributed by atoms with Gasteiger partial charge in [0.2, 0.25) is 5.91 Å². The first-order valence-corrected chi connectivity index (χ1v) is 9.91. The Morgan fingerprint density at radius 1 is 1.16 bits per heavy atom. The number of imide groups is 1. The normalized spacial score (nSPS) is 45.0. The van der Waals surface area contributed by atoms with Gasteiger partial charge in [-0.15, -0.1) is 0 Å². The fourth-order valence-corrected chi connectivity index (χ4v) is 6.43. The highest BCUT2D eigenvalue weighted by Crippen LogP contribution is 2.58. The number of urea groups is 1. The van der Waals surface area contributed by atoms with Gasteiger partial charge in [0.25, 0.3) is 5.91 Å². The van der Waals surface area contributed by atoms with Crippen molar-refractivity contribution >= 4 is 17.8 Å². The van der Waals surface area contributed by atoms with E-state index in [1.54, 1.807) is 6.92 Å². The van der Waals surface area contributed by atoms with Crippen molar-refractivity contribution in [3.63, 3.8) is 0 Å². The van der Waals surface area contributed by atoms with Crippen LogP contribution in [0.5, 0.6) is 0 Å². The summed E-state index contributed by atoms with van der Waals surface area (Å²) in [6.07, 6.45) is 8.29. The third kappa shape index (κ3) is 2.25. The largest absolute Gasteiger partial charge is 0.352 e. The van der Waals surface area contributed by atoms with Gasteiger partial charge in [-0.05, 0) is 75.0 Å². The minimum atomic E-state index is -0.805. The van der Waals surface area contributed by atoms with Crippen LogP contribution < -0.4 is 10.6 Å². The predicted octanol–water partition coefficient (Wildman–Crippen LogP) is 1.65. The van der Waals surface area contributed by atoms with Crippen LogP contribution in [-0.4, -0.2) is 40.9 Å². The lowest BCUT2D eigenvalue weighted by molar-refractivity contribution is -0.135. The number of hydrogen-bond donors (Lipinski definition) is 2. The van der Waals surface area contributed by atoms with Crippen LogP contribution in [0, 0.1) is 29.6 Å². The second-order valence-electron chi connectivity index (χ2n) is 9.13. The van der Waals surface area contributed by atoms with Gasteiger partial charge in [0.1, 0.15) is 12.1 Å². The van der Waals surface area contributed by atoms with Crippen LogP contribution in [0.4, 0.5) is 4.79 Å². The second kappa shape index (κ2) is 5.21. The van der Waals surface area contributed by atoms with E-state index in [0.29, 0.717) is 5.92 Å². The third-order valence-corrected chi connectivity index (χ3v) is 7.77. The number of nitrogens with one attached hydrogen (secondary N) is 2. The summed E-state index contributed by atoms with van der Waals surface area (Å²) >= 11 is 0. The molecule has 1 heterocycles. The number of carbonyl (C=O) groups is 3. The number of hydrogen-bond acceptors (Lipinski definition) is 3. The molecule has 2 bridgehead atoms. The molecule has 5 rings (SSSR count). The van der Waals surface area contributed by atoms with Crippen molar-refractivity contribution in [2.24, 2.45) is 29.6 Å². The first-order valence-electron chi connectivity index (χ1n) is 9.91. The lowest BCUT2D eigenvalue weighted by Gasteiger charge is -2.32. The van der Waals surface area contributed by atoms with E-state index in [9.17, 15) is 14.4 Å². The molecule has 4 amide bonds. The quantitative estimate of drug-likeness (QED) is 0.761. The molecule has 0 aromatic heterocycles. The van der Waals surface area contributed by atoms with E-state index in [-0.39, 0.29) is 30.3 Å². The maximum Gasteiger partial charge on any atom is 0.325 e. The highest BCUT2D eigenvalue weighted by Gasteiger charge is 2.57. The first-order chi connectivity index (χ1) is 12.0. The molecular formula is C19H27N3O3. The molecule has 6 atom stereocenters. The molecule has 0 spiro atoms. The number of rotatable bonds is 4. The van der Waals surface area contributed by atoms with Gasteiger partial charge in [-0.1, -0.05) is 6.42 Å². The van der Waals surface area contributed by atoms with Crippen LogP contribution in [0.2, 0.25) is 0 Å². The van der Waals surface area contributed by atoms with E-state index in [2.05, 4.69) is 10.6 Å². The van der Waals surface area contributed by atoms with Gasteiger partial charge in [-0.3, -0.25) is 14.5 Å². The van der Waals surface area contributed by atoms with Gasteiger partial charge < -0.3 is 10.6 Å². The summed E-state index contributed by atoms with van der Waals surface area (Å²) < 4.78 is 0. The number of carbonyl (C=O) groups excluding carboxylic acids is 3. The van der Waals surface area contributed by atoms with Gasteiger partial charge >= 0.3 is 6.03 Å². The minimum absolute atomic E-state index is 0.144. The summed E-state index contributed by atoms with van der Waals surface area (Å²) in [4.78, 5) is 38.5. The smallest absolute Gasteiger partial charge is 0.325 e. The Morgan fingerprint density at radius 3 is 2.68 bits per heavy atom. The SMILES string of the molecule is CC1(C2CC2)NC(=O)N(CC(=O)NC2CC3CC2C2CCCC32)C1=O. The van der Waals surface area contributed by atoms with Crippen molar-refractivity contribution in [2.75, 3.05) is 6.54 Å². The molecule has 0 aromatic rings. The molecule has 25 heavy (non-hydrogen) atoms. The maximum atomic E-state index is 12.6. The molecule has 6 heteroatoms. The summed E-state index contributed by atoms with van der Waals surface area (Å²) in [5.41, 5.74) is -0.805. The molecule has 0 radical (unpaired) electrons. The molecule has 4 saturated carbocycles. The zero-order chi connectivity index (χ0) is 17.3. The number of fused-ring (bicyclic) bond motifs is 5. The van der Waals surface area contributed by atoms with E-state index in [4.69, 9.17) is 0 Å². The minimum Gasteiger partial charge on any atom is -0.352 e. The second-order valence-corrected chi connectivity index (χ2v) is 9.13. The van der Waals surface area contributed by atoms with Crippen molar-refractivity contribution in [3.05, 3.63) is 0 Å². The Hall–Kier alpha value is -1.59. The summed E-state index contributed by atoms with van der Waals surface area (Å²) in [6, 6.07) is -0.175. The number of nitrogens with zero attached hydrogens (tertiary/aromatic N) is 1. The highest BCUT2D eigenvalue weighted by atomic mass is 16.2. The van der Waals surface area contributed by atoms with E-state index >= 15 is 0 Å². The molecule has 0 aromatic carbocycles. The van der Waals surface area contributed by atoms with Gasteiger partial charge in [0.05, 0.1) is 0 Å². The van der Waals surface area contributed by atoms with Crippen molar-refractivity contribution in [3.8, 4) is 0 Å². The Labute approximate surface area is 148 Å². The molecule has 6 nitrogen and oxygen atoms in total. The average molecular weight is 345 g/mol. The predicted molar refractivity (Wildman–Crippen MR) is 90.3 cm³/mol. The maximum absolute atomic E-state index is 12.6. The highest BCUT2D eigenvalue weighted by molar-refractivity contribution is 6.09. The molecule has 2 N–H and O–H groups in total. The first kappa shape index (κ1) is 15.6. The van der Waals surface area contributed by atoms with E-state index in [0.717, 1.165) is 41.9 Å². The standard InChI is InChI=1S/C19H27N3O3/c1-19(11-5-6-11)17(24)22(18(25)21-19)9-16(23)20-15-8-10-7-14(15)13-4-2-3-12(10)13/h10-15H,2-9H2,1H3,(H,20,23)(H,21,25). The van der Waals surface area contributed by atoms with Gasteiger partial charge in [-0.2, -0.15) is 0 Å². The summed E-state index contributed by atoms with van der Waals surface area (Å²) in [5, 5.41) is 5.96. The van der Waals surface area contributed by atoms with E-state index in [1.165, 1.54) is 25.7 Å². The topological polar surface area (TPSA) is 78.5 Å². The Kier molecular flexibility index (Phi) is 3.26. The van der Waals surface area contributed by atoms with Crippen molar-refractivity contribution in [1.29, 1.82) is 0 Å². The molecular weight excluding hydrogens is 318 g/mol. The molecule has 5 aliphatic rings. The molecule has 6 unspecified atom stereocenters. The lowest BCUT2D eigenvalue weighted by Crippen LogP contribution is -2.49. The zero-order valence-corrected chi connectivity index (χ0v) is 14.8. The Morgan fingerprint density at radius 2 is 1.92 bits per heavy atom. The summed E-state index contributed by atoms with van der Waals surface area (Å²) in [7, 11) is 0. The fraction of sp³-hybridized carbons (Fsp3) is 0.842. The lowest BCUT2D eigenvalue weighted by atomic mass is 9.79. The van der Waals surface area contributed by atoms with Crippen molar-refractivity contribution in [2.45, 2.75) is 63.5 Å². The molecule has 136 valence electrons. The van der Waals surface area contributed by atoms with Crippen LogP contribution in [-0.2, 0) is 9.59 Å². The van der Waals surface area contributed by atoms with Crippen LogP contribution in [0.15, 0.2) is 0 Å². The monoisotopic (exact) mass is 345 g/mol. The Bertz CT molecular complexity index is 646. The summed E-state index contributed by atoms with van der Waals surface area (Å²) in [6.45, 7) is 1.65. The van der Waals surface area contributed by atoms with Gasteiger partial charge in [0, 0.05) is 6.04 Å². The summed E-state index contributed by atoms with van der Waals surface area (Å²) in [5.74, 6) is 2.87. The Balaban J connectivity index is 1.22. The van der Waals surface area contributed by atoms with E-state index < -0.39 is 11.6 Å². The van der Waals surface area contributed by atoms with Crippen molar-refractivity contribution in [1.82, 2.24) is 15.5 Å². The molecule has 1 saturated heterocycles. The van der Waals surface area contributed by atoms with Crippen molar-refractivity contribution < 1.29 is 14.4 Å². The van der Waals surface area contributed by atoms with Crippen LogP contribution in [0.3, 0.4) is 0 Å². The van der Waals surface area contributed by atoms with Gasteiger partial charge in [0.15, 0.2) is 0 Å². The number of amides is 4. The molecule has 1 aliphatic heterocycles. The van der Waals surface area contributed by atoms with E-state index in [1.807, 2.05) is 0 Å². The van der Waals surface area contributed by atoms with Gasteiger partial charge in [-0.25, -0.2) is 4.79 Å².